The number of hydrogen-bond donors (Lipinski definition) is 0. The van der Waals surface area contributed by atoms with Crippen LogP contribution in [0.15, 0.2) is 47.8 Å². The summed E-state index contributed by atoms with van der Waals surface area (Å²) in [4.78, 5) is 22.2. The van der Waals surface area contributed by atoms with Gasteiger partial charge in [0.25, 0.3) is 5.69 Å². The minimum absolute atomic E-state index is 0.0875. The fraction of sp³-hybridized carbons (Fsp3) is 0. The molecule has 8 heteroatoms. The third-order valence-corrected chi connectivity index (χ3v) is 5.08. The van der Waals surface area contributed by atoms with E-state index in [0.717, 1.165) is 27.3 Å². The summed E-state index contributed by atoms with van der Waals surface area (Å²) in [6.45, 7) is 0. The molecule has 1 aromatic carbocycles. The van der Waals surface area contributed by atoms with Gasteiger partial charge in [-0.1, -0.05) is 35.6 Å². The Balaban J connectivity index is 1.93. The number of nitro groups is 2. The molecule has 0 radical (unpaired) electrons. The second-order valence-electron chi connectivity index (χ2n) is 4.36. The van der Waals surface area contributed by atoms with E-state index in [-0.39, 0.29) is 10.7 Å². The Hall–Kier alpha value is -2.58. The van der Waals surface area contributed by atoms with Crippen molar-refractivity contribution in [3.8, 4) is 20.9 Å². The van der Waals surface area contributed by atoms with E-state index in [1.54, 1.807) is 23.6 Å². The molecule has 0 bridgehead atoms. The maximum atomic E-state index is 11.0. The summed E-state index contributed by atoms with van der Waals surface area (Å²) in [6, 6.07) is 11.9. The van der Waals surface area contributed by atoms with Crippen LogP contribution in [-0.4, -0.2) is 9.85 Å². The molecule has 0 N–H and O–H groups in total. The molecule has 0 saturated heterocycles. The van der Waals surface area contributed by atoms with Gasteiger partial charge in [0.2, 0.25) is 0 Å². The summed E-state index contributed by atoms with van der Waals surface area (Å²) >= 11 is 2.41. The molecule has 2 heterocycles. The minimum Gasteiger partial charge on any atom is -0.258 e. The SMILES string of the molecule is O=[N+]([O-])c1ccc(-c2ccc(-c3sccc3[N+](=O)[O-])cc2)s1. The highest BCUT2D eigenvalue weighted by molar-refractivity contribution is 7.18. The molecule has 0 aliphatic rings. The highest BCUT2D eigenvalue weighted by atomic mass is 32.1. The van der Waals surface area contributed by atoms with Gasteiger partial charge in [-0.2, -0.15) is 0 Å². The predicted molar refractivity (Wildman–Crippen MR) is 86.4 cm³/mol. The Labute approximate surface area is 132 Å². The van der Waals surface area contributed by atoms with Gasteiger partial charge in [-0.05, 0) is 22.6 Å². The highest BCUT2D eigenvalue weighted by Crippen LogP contribution is 2.37. The Morgan fingerprint density at radius 3 is 2.09 bits per heavy atom. The van der Waals surface area contributed by atoms with Crippen molar-refractivity contribution in [3.63, 3.8) is 0 Å². The Morgan fingerprint density at radius 1 is 0.818 bits per heavy atom. The lowest BCUT2D eigenvalue weighted by atomic mass is 10.1. The van der Waals surface area contributed by atoms with Crippen molar-refractivity contribution in [2.24, 2.45) is 0 Å². The summed E-state index contributed by atoms with van der Waals surface area (Å²) in [6.07, 6.45) is 0. The second kappa shape index (κ2) is 5.66. The molecule has 0 fully saturated rings. The molecule has 3 rings (SSSR count). The van der Waals surface area contributed by atoms with Gasteiger partial charge >= 0.3 is 5.00 Å². The molecule has 0 aliphatic heterocycles. The van der Waals surface area contributed by atoms with Crippen LogP contribution in [0.5, 0.6) is 0 Å². The molecule has 0 unspecified atom stereocenters. The molecule has 0 saturated carbocycles. The van der Waals surface area contributed by atoms with Gasteiger partial charge in [0.1, 0.15) is 4.88 Å². The first-order valence-electron chi connectivity index (χ1n) is 6.13. The predicted octanol–water partition coefficient (Wildman–Crippen LogP) is 4.96. The molecule has 0 amide bonds. The van der Waals surface area contributed by atoms with Crippen LogP contribution in [0.25, 0.3) is 20.9 Å². The van der Waals surface area contributed by atoms with E-state index in [4.69, 9.17) is 0 Å². The Kier molecular flexibility index (Phi) is 3.70. The van der Waals surface area contributed by atoms with Gasteiger partial charge in [0.15, 0.2) is 0 Å². The van der Waals surface area contributed by atoms with E-state index in [1.807, 2.05) is 12.1 Å². The van der Waals surface area contributed by atoms with Gasteiger partial charge in [-0.25, -0.2) is 0 Å². The van der Waals surface area contributed by atoms with Crippen molar-refractivity contribution in [2.45, 2.75) is 0 Å². The van der Waals surface area contributed by atoms with Crippen molar-refractivity contribution in [2.75, 3.05) is 0 Å². The molecule has 22 heavy (non-hydrogen) atoms. The van der Waals surface area contributed by atoms with E-state index >= 15 is 0 Å². The van der Waals surface area contributed by atoms with Gasteiger partial charge in [-0.3, -0.25) is 20.2 Å². The van der Waals surface area contributed by atoms with Crippen molar-refractivity contribution in [1.82, 2.24) is 0 Å². The summed E-state index contributed by atoms with van der Waals surface area (Å²) in [5.41, 5.74) is 1.70. The first-order valence-corrected chi connectivity index (χ1v) is 7.83. The maximum Gasteiger partial charge on any atom is 0.324 e. The first kappa shape index (κ1) is 14.4. The van der Waals surface area contributed by atoms with Crippen LogP contribution in [0, 0.1) is 20.2 Å². The molecule has 2 aromatic heterocycles. The number of rotatable bonds is 4. The average molecular weight is 332 g/mol. The van der Waals surface area contributed by atoms with E-state index in [0.29, 0.717) is 4.88 Å². The van der Waals surface area contributed by atoms with Crippen LogP contribution < -0.4 is 0 Å². The summed E-state index contributed by atoms with van der Waals surface area (Å²) < 4.78 is 0. The summed E-state index contributed by atoms with van der Waals surface area (Å²) in [7, 11) is 0. The third kappa shape index (κ3) is 2.61. The lowest BCUT2D eigenvalue weighted by molar-refractivity contribution is -0.383. The molecular formula is C14H8N2O4S2. The van der Waals surface area contributed by atoms with Crippen LogP contribution in [0.1, 0.15) is 0 Å². The second-order valence-corrected chi connectivity index (χ2v) is 6.34. The fourth-order valence-corrected chi connectivity index (χ4v) is 3.72. The zero-order chi connectivity index (χ0) is 15.7. The lowest BCUT2D eigenvalue weighted by Gasteiger charge is -2.00. The van der Waals surface area contributed by atoms with Crippen LogP contribution in [0.3, 0.4) is 0 Å². The molecular weight excluding hydrogens is 324 g/mol. The van der Waals surface area contributed by atoms with Crippen molar-refractivity contribution < 1.29 is 9.85 Å². The van der Waals surface area contributed by atoms with E-state index in [2.05, 4.69) is 0 Å². The van der Waals surface area contributed by atoms with E-state index < -0.39 is 9.85 Å². The van der Waals surface area contributed by atoms with Crippen molar-refractivity contribution in [3.05, 3.63) is 68.1 Å². The summed E-state index contributed by atoms with van der Waals surface area (Å²) in [5.74, 6) is 0. The zero-order valence-electron chi connectivity index (χ0n) is 11.0. The number of thiophene rings is 2. The van der Waals surface area contributed by atoms with Crippen LogP contribution in [0.4, 0.5) is 10.7 Å². The smallest absolute Gasteiger partial charge is 0.258 e. The van der Waals surface area contributed by atoms with Crippen LogP contribution in [0.2, 0.25) is 0 Å². The van der Waals surface area contributed by atoms with Crippen molar-refractivity contribution in [1.29, 1.82) is 0 Å². The third-order valence-electron chi connectivity index (χ3n) is 3.04. The number of benzene rings is 1. The molecule has 0 spiro atoms. The van der Waals surface area contributed by atoms with E-state index in [1.165, 1.54) is 23.5 Å². The normalized spacial score (nSPS) is 10.5. The molecule has 6 nitrogen and oxygen atoms in total. The zero-order valence-corrected chi connectivity index (χ0v) is 12.6. The molecule has 0 aliphatic carbocycles. The highest BCUT2D eigenvalue weighted by Gasteiger charge is 2.17. The average Bonchev–Trinajstić information content (AvgIpc) is 3.17. The minimum atomic E-state index is -0.419. The van der Waals surface area contributed by atoms with Crippen LogP contribution >= 0.6 is 22.7 Å². The van der Waals surface area contributed by atoms with Gasteiger partial charge < -0.3 is 0 Å². The van der Waals surface area contributed by atoms with Crippen molar-refractivity contribution >= 4 is 33.4 Å². The molecule has 110 valence electrons. The fourth-order valence-electron chi connectivity index (χ4n) is 2.03. The van der Waals surface area contributed by atoms with E-state index in [9.17, 15) is 20.2 Å². The topological polar surface area (TPSA) is 86.3 Å². The number of hydrogen-bond acceptors (Lipinski definition) is 6. The maximum absolute atomic E-state index is 11.0. The molecule has 0 atom stereocenters. The molecule has 3 aromatic rings. The van der Waals surface area contributed by atoms with Gasteiger partial charge in [0.05, 0.1) is 9.85 Å². The lowest BCUT2D eigenvalue weighted by Crippen LogP contribution is -1.87. The standard InChI is InChI=1S/C14H8N2O4S2/c17-15(18)11-7-8-21-14(11)10-3-1-9(2-4-10)12-5-6-13(22-12)16(19)20/h1-8H. The first-order chi connectivity index (χ1) is 10.6. The van der Waals surface area contributed by atoms with Gasteiger partial charge in [0, 0.05) is 17.0 Å². The Bertz CT molecular complexity index is 852. The number of nitrogens with zero attached hydrogens (tertiary/aromatic N) is 2. The quantitative estimate of drug-likeness (QED) is 0.499. The Morgan fingerprint density at radius 2 is 1.50 bits per heavy atom. The monoisotopic (exact) mass is 332 g/mol. The van der Waals surface area contributed by atoms with Crippen LogP contribution in [-0.2, 0) is 0 Å². The summed E-state index contributed by atoms with van der Waals surface area (Å²) in [5, 5.41) is 23.4. The largest absolute Gasteiger partial charge is 0.324 e. The van der Waals surface area contributed by atoms with Gasteiger partial charge in [-0.15, -0.1) is 11.3 Å².